The molecule has 2 heterocycles. The van der Waals surface area contributed by atoms with Crippen molar-refractivity contribution in [3.63, 3.8) is 0 Å². The van der Waals surface area contributed by atoms with Gasteiger partial charge in [-0.05, 0) is 29.8 Å². The van der Waals surface area contributed by atoms with Crippen molar-refractivity contribution >= 4 is 5.97 Å². The zero-order valence-corrected chi connectivity index (χ0v) is 8.88. The van der Waals surface area contributed by atoms with Gasteiger partial charge in [0.05, 0.1) is 6.42 Å². The maximum atomic E-state index is 11.8. The Balaban J connectivity index is 2.39. The van der Waals surface area contributed by atoms with Gasteiger partial charge in [-0.25, -0.2) is 0 Å². The first-order valence-electron chi connectivity index (χ1n) is 5.01. The number of nitrogens with zero attached hydrogens (tertiary/aromatic N) is 1. The van der Waals surface area contributed by atoms with Gasteiger partial charge in [0.1, 0.15) is 0 Å². The molecule has 0 aliphatic rings. The topological polar surface area (TPSA) is 83.0 Å². The smallest absolute Gasteiger partial charge is 0.309 e. The van der Waals surface area contributed by atoms with E-state index in [1.54, 1.807) is 36.7 Å². The van der Waals surface area contributed by atoms with Gasteiger partial charge in [0.25, 0.3) is 5.56 Å². The van der Waals surface area contributed by atoms with Crippen molar-refractivity contribution in [1.82, 2.24) is 9.97 Å². The molecule has 0 spiro atoms. The van der Waals surface area contributed by atoms with Crippen LogP contribution in [0.4, 0.5) is 0 Å². The quantitative estimate of drug-likeness (QED) is 0.826. The van der Waals surface area contributed by atoms with E-state index in [0.29, 0.717) is 11.3 Å². The fraction of sp³-hybridized carbons (Fsp3) is 0.0833. The van der Waals surface area contributed by atoms with E-state index in [-0.39, 0.29) is 12.0 Å². The van der Waals surface area contributed by atoms with Crippen LogP contribution in [0.1, 0.15) is 5.69 Å². The van der Waals surface area contributed by atoms with E-state index in [2.05, 4.69) is 9.97 Å². The summed E-state index contributed by atoms with van der Waals surface area (Å²) in [6.45, 7) is 0. The number of carboxylic acids is 1. The van der Waals surface area contributed by atoms with Crippen LogP contribution in [-0.2, 0) is 11.2 Å². The molecule has 0 radical (unpaired) electrons. The van der Waals surface area contributed by atoms with Crippen LogP contribution in [-0.4, -0.2) is 21.0 Å². The summed E-state index contributed by atoms with van der Waals surface area (Å²) >= 11 is 0. The van der Waals surface area contributed by atoms with Crippen LogP contribution in [0, 0.1) is 0 Å². The summed E-state index contributed by atoms with van der Waals surface area (Å²) in [5.74, 6) is -0.975. The van der Waals surface area contributed by atoms with Crippen molar-refractivity contribution in [2.45, 2.75) is 6.42 Å². The number of hydrogen-bond acceptors (Lipinski definition) is 3. The van der Waals surface area contributed by atoms with Crippen LogP contribution in [0.5, 0.6) is 0 Å². The maximum Gasteiger partial charge on any atom is 0.309 e. The van der Waals surface area contributed by atoms with Crippen molar-refractivity contribution in [2.24, 2.45) is 0 Å². The first-order valence-corrected chi connectivity index (χ1v) is 5.01. The predicted octanol–water partition coefficient (Wildman–Crippen LogP) is 1.06. The highest BCUT2D eigenvalue weighted by molar-refractivity contribution is 5.70. The third kappa shape index (κ3) is 2.57. The van der Waals surface area contributed by atoms with E-state index in [0.717, 1.165) is 5.56 Å². The van der Waals surface area contributed by atoms with Gasteiger partial charge in [-0.15, -0.1) is 0 Å². The zero-order chi connectivity index (χ0) is 12.3. The van der Waals surface area contributed by atoms with Crippen molar-refractivity contribution < 1.29 is 9.90 Å². The lowest BCUT2D eigenvalue weighted by atomic mass is 10.1. The Labute approximate surface area is 96.8 Å². The van der Waals surface area contributed by atoms with Crippen LogP contribution < -0.4 is 5.56 Å². The average molecular weight is 230 g/mol. The summed E-state index contributed by atoms with van der Waals surface area (Å²) in [4.78, 5) is 28.7. The molecule has 0 aliphatic heterocycles. The standard InChI is InChI=1S/C12H10N2O3/c15-11(16)7-9-1-2-10(12(17)14-9)8-3-5-13-6-4-8/h1-6H,7H2,(H,14,17)(H,15,16). The number of H-pyrrole nitrogens is 1. The highest BCUT2D eigenvalue weighted by atomic mass is 16.4. The van der Waals surface area contributed by atoms with Crippen LogP contribution >= 0.6 is 0 Å². The molecule has 2 aromatic heterocycles. The number of aliphatic carboxylic acids is 1. The van der Waals surface area contributed by atoms with Gasteiger partial charge in [0, 0.05) is 23.7 Å². The third-order valence-electron chi connectivity index (χ3n) is 2.30. The Kier molecular flexibility index (Phi) is 3.00. The minimum Gasteiger partial charge on any atom is -0.481 e. The number of hydrogen-bond donors (Lipinski definition) is 2. The number of rotatable bonds is 3. The monoisotopic (exact) mass is 230 g/mol. The van der Waals surface area contributed by atoms with E-state index in [4.69, 9.17) is 5.11 Å². The minimum atomic E-state index is -0.975. The fourth-order valence-corrected chi connectivity index (χ4v) is 1.54. The van der Waals surface area contributed by atoms with Crippen molar-refractivity contribution in [1.29, 1.82) is 0 Å². The van der Waals surface area contributed by atoms with Crippen molar-refractivity contribution in [2.75, 3.05) is 0 Å². The Morgan fingerprint density at radius 3 is 2.53 bits per heavy atom. The second-order valence-electron chi connectivity index (χ2n) is 3.53. The molecule has 17 heavy (non-hydrogen) atoms. The van der Waals surface area contributed by atoms with Crippen LogP contribution in [0.3, 0.4) is 0 Å². The zero-order valence-electron chi connectivity index (χ0n) is 8.88. The molecule has 5 nitrogen and oxygen atoms in total. The first-order chi connectivity index (χ1) is 8.16. The van der Waals surface area contributed by atoms with Gasteiger partial charge in [-0.2, -0.15) is 0 Å². The first kappa shape index (κ1) is 11.1. The summed E-state index contributed by atoms with van der Waals surface area (Å²) < 4.78 is 0. The second kappa shape index (κ2) is 4.61. The highest BCUT2D eigenvalue weighted by Crippen LogP contribution is 2.13. The molecule has 0 aliphatic carbocycles. The van der Waals surface area contributed by atoms with E-state index < -0.39 is 5.97 Å². The molecule has 0 atom stereocenters. The number of carboxylic acid groups (broad SMARTS) is 1. The molecular formula is C12H10N2O3. The van der Waals surface area contributed by atoms with E-state index in [1.807, 2.05) is 0 Å². The second-order valence-corrected chi connectivity index (χ2v) is 3.53. The molecule has 0 saturated heterocycles. The molecule has 0 unspecified atom stereocenters. The van der Waals surface area contributed by atoms with Gasteiger partial charge in [-0.1, -0.05) is 0 Å². The van der Waals surface area contributed by atoms with Crippen LogP contribution in [0.15, 0.2) is 41.5 Å². The number of aromatic amines is 1. The van der Waals surface area contributed by atoms with Crippen molar-refractivity contribution in [3.8, 4) is 11.1 Å². The van der Waals surface area contributed by atoms with Gasteiger partial charge < -0.3 is 10.1 Å². The lowest BCUT2D eigenvalue weighted by Gasteiger charge is -2.02. The molecule has 0 aromatic carbocycles. The molecule has 0 fully saturated rings. The lowest BCUT2D eigenvalue weighted by molar-refractivity contribution is -0.136. The summed E-state index contributed by atoms with van der Waals surface area (Å²) in [6, 6.07) is 6.67. The molecule has 0 amide bonds. The third-order valence-corrected chi connectivity index (χ3v) is 2.30. The highest BCUT2D eigenvalue weighted by Gasteiger charge is 2.06. The fourth-order valence-electron chi connectivity index (χ4n) is 1.54. The number of aromatic nitrogens is 2. The van der Waals surface area contributed by atoms with Crippen LogP contribution in [0.25, 0.3) is 11.1 Å². The van der Waals surface area contributed by atoms with E-state index in [9.17, 15) is 9.59 Å². The molecule has 5 heteroatoms. The molecule has 86 valence electrons. The molecule has 2 aromatic rings. The molecule has 0 saturated carbocycles. The Bertz CT molecular complexity index is 590. The van der Waals surface area contributed by atoms with Gasteiger partial charge >= 0.3 is 5.97 Å². The van der Waals surface area contributed by atoms with Gasteiger partial charge in [0.2, 0.25) is 0 Å². The normalized spacial score (nSPS) is 10.1. The average Bonchev–Trinajstić information content (AvgIpc) is 2.29. The number of nitrogens with one attached hydrogen (secondary N) is 1. The van der Waals surface area contributed by atoms with Gasteiger partial charge in [-0.3, -0.25) is 14.6 Å². The Morgan fingerprint density at radius 2 is 1.94 bits per heavy atom. The van der Waals surface area contributed by atoms with Crippen LogP contribution in [0.2, 0.25) is 0 Å². The predicted molar refractivity (Wildman–Crippen MR) is 61.6 cm³/mol. The summed E-state index contributed by atoms with van der Waals surface area (Å²) in [5, 5.41) is 8.61. The molecular weight excluding hydrogens is 220 g/mol. The Hall–Kier alpha value is -2.43. The number of carbonyl (C=O) groups is 1. The van der Waals surface area contributed by atoms with E-state index in [1.165, 1.54) is 0 Å². The van der Waals surface area contributed by atoms with Crippen molar-refractivity contribution in [3.05, 3.63) is 52.7 Å². The number of pyridine rings is 2. The van der Waals surface area contributed by atoms with E-state index >= 15 is 0 Å². The summed E-state index contributed by atoms with van der Waals surface area (Å²) in [5.41, 5.74) is 1.35. The SMILES string of the molecule is O=C(O)Cc1ccc(-c2ccncc2)c(=O)[nH]1. The summed E-state index contributed by atoms with van der Waals surface area (Å²) in [6.07, 6.45) is 3.01. The lowest BCUT2D eigenvalue weighted by Crippen LogP contribution is -2.13. The summed E-state index contributed by atoms with van der Waals surface area (Å²) in [7, 11) is 0. The minimum absolute atomic E-state index is 0.189. The van der Waals surface area contributed by atoms with Gasteiger partial charge in [0.15, 0.2) is 0 Å². The Morgan fingerprint density at radius 1 is 1.24 bits per heavy atom. The molecule has 2 rings (SSSR count). The largest absolute Gasteiger partial charge is 0.481 e. The molecule has 2 N–H and O–H groups in total. The maximum absolute atomic E-state index is 11.8. The molecule has 0 bridgehead atoms.